The fourth-order valence-electron chi connectivity index (χ4n) is 1.59. The Kier molecular flexibility index (Phi) is 2.33. The summed E-state index contributed by atoms with van der Waals surface area (Å²) in [4.78, 5) is 0. The number of halogens is 3. The van der Waals surface area contributed by atoms with Crippen LogP contribution in [0.2, 0.25) is 0 Å². The molecule has 0 aliphatic heterocycles. The lowest BCUT2D eigenvalue weighted by Gasteiger charge is -2.15. The number of hydrogen-bond acceptors (Lipinski definition) is 2. The smallest absolute Gasteiger partial charge is 0.495 e. The van der Waals surface area contributed by atoms with Gasteiger partial charge in [0.1, 0.15) is 11.3 Å². The average Bonchev–Trinajstić information content (AvgIpc) is 2.54. The first kappa shape index (κ1) is 10.8. The van der Waals surface area contributed by atoms with Crippen molar-refractivity contribution in [1.29, 1.82) is 0 Å². The molecule has 0 aliphatic carbocycles. The maximum absolute atomic E-state index is 12.6. The Morgan fingerprint density at radius 2 is 2.00 bits per heavy atom. The largest absolute Gasteiger partial charge is 0.509 e. The maximum Gasteiger partial charge on any atom is 0.509 e. The minimum atomic E-state index is -5.02. The number of aromatic nitrogens is 2. The second-order valence-electron chi connectivity index (χ2n) is 3.54. The SMILES string of the molecule is COc1cc([B-](F)(F)F)cc2cn(C)nc12. The van der Waals surface area contributed by atoms with Crippen molar-refractivity contribution >= 4 is 23.3 Å². The van der Waals surface area contributed by atoms with Crippen LogP contribution in [0.4, 0.5) is 12.9 Å². The molecule has 0 aliphatic rings. The second-order valence-corrected chi connectivity index (χ2v) is 3.54. The van der Waals surface area contributed by atoms with Crippen LogP contribution in [0, 0.1) is 0 Å². The molecule has 0 saturated carbocycles. The first-order chi connectivity index (χ1) is 7.41. The third-order valence-corrected chi connectivity index (χ3v) is 2.31. The van der Waals surface area contributed by atoms with E-state index in [1.807, 2.05) is 0 Å². The number of aryl methyl sites for hydroxylation is 1. The van der Waals surface area contributed by atoms with Crippen LogP contribution in [0.3, 0.4) is 0 Å². The van der Waals surface area contributed by atoms with Crippen molar-refractivity contribution in [2.75, 3.05) is 7.11 Å². The molecule has 0 radical (unpaired) electrons. The number of rotatable bonds is 2. The van der Waals surface area contributed by atoms with E-state index in [2.05, 4.69) is 5.10 Å². The number of fused-ring (bicyclic) bond motifs is 1. The van der Waals surface area contributed by atoms with Crippen LogP contribution >= 0.6 is 0 Å². The summed E-state index contributed by atoms with van der Waals surface area (Å²) in [5.41, 5.74) is -0.230. The summed E-state index contributed by atoms with van der Waals surface area (Å²) in [6, 6.07) is 2.07. The van der Waals surface area contributed by atoms with Gasteiger partial charge in [-0.15, -0.1) is 5.46 Å². The van der Waals surface area contributed by atoms with Gasteiger partial charge in [-0.05, 0) is 6.07 Å². The molecule has 3 nitrogen and oxygen atoms in total. The van der Waals surface area contributed by atoms with Crippen molar-refractivity contribution in [3.8, 4) is 5.75 Å². The van der Waals surface area contributed by atoms with Crippen LogP contribution in [0.15, 0.2) is 18.3 Å². The lowest BCUT2D eigenvalue weighted by Crippen LogP contribution is -2.33. The van der Waals surface area contributed by atoms with Gasteiger partial charge in [-0.25, -0.2) is 0 Å². The van der Waals surface area contributed by atoms with Gasteiger partial charge in [0.2, 0.25) is 0 Å². The summed E-state index contributed by atoms with van der Waals surface area (Å²) in [5, 5.41) is 4.47. The normalized spacial score (nSPS) is 12.1. The predicted octanol–water partition coefficient (Wildman–Crippen LogP) is 1.64. The zero-order valence-corrected chi connectivity index (χ0v) is 8.75. The molecule has 1 aromatic heterocycles. The molecule has 16 heavy (non-hydrogen) atoms. The molecule has 1 aromatic carbocycles. The first-order valence-electron chi connectivity index (χ1n) is 4.63. The average molecular weight is 229 g/mol. The molecule has 0 bridgehead atoms. The minimum absolute atomic E-state index is 0.146. The number of benzene rings is 1. The number of nitrogens with zero attached hydrogens (tertiary/aromatic N) is 2. The molecule has 7 heteroatoms. The van der Waals surface area contributed by atoms with Gasteiger partial charge >= 0.3 is 6.98 Å². The summed E-state index contributed by atoms with van der Waals surface area (Å²) in [5.74, 6) is 0.146. The molecule has 0 unspecified atom stereocenters. The molecular weight excluding hydrogens is 220 g/mol. The molecule has 0 N–H and O–H groups in total. The van der Waals surface area contributed by atoms with E-state index in [0.717, 1.165) is 12.1 Å². The van der Waals surface area contributed by atoms with Crippen LogP contribution < -0.4 is 10.2 Å². The Morgan fingerprint density at radius 1 is 1.31 bits per heavy atom. The Labute approximate surface area is 89.9 Å². The van der Waals surface area contributed by atoms with E-state index in [4.69, 9.17) is 4.74 Å². The Hall–Kier alpha value is -1.66. The highest BCUT2D eigenvalue weighted by molar-refractivity contribution is 6.73. The molecule has 0 spiro atoms. The van der Waals surface area contributed by atoms with E-state index < -0.39 is 12.4 Å². The standard InChI is InChI=1S/C9H9BF3N2O/c1-15-5-6-3-7(10(11,12)13)4-8(16-2)9(6)14-15/h3-5H,1-2H3/q-1. The number of ether oxygens (including phenoxy) is 1. The Bertz CT molecular complexity index is 535. The van der Waals surface area contributed by atoms with Crippen molar-refractivity contribution in [2.24, 2.45) is 7.05 Å². The van der Waals surface area contributed by atoms with Gasteiger partial charge in [0, 0.05) is 18.6 Å². The van der Waals surface area contributed by atoms with E-state index in [9.17, 15) is 12.9 Å². The summed E-state index contributed by atoms with van der Waals surface area (Å²) in [7, 11) is 2.98. The van der Waals surface area contributed by atoms with Crippen LogP contribution in [-0.4, -0.2) is 23.9 Å². The third kappa shape index (κ3) is 1.73. The fourth-order valence-corrected chi connectivity index (χ4v) is 1.59. The van der Waals surface area contributed by atoms with Crippen LogP contribution in [-0.2, 0) is 7.05 Å². The van der Waals surface area contributed by atoms with Crippen molar-refractivity contribution in [3.05, 3.63) is 18.3 Å². The van der Waals surface area contributed by atoms with Gasteiger partial charge in [-0.2, -0.15) is 5.10 Å². The van der Waals surface area contributed by atoms with Gasteiger partial charge in [0.05, 0.1) is 7.11 Å². The summed E-state index contributed by atoms with van der Waals surface area (Å²) in [6.07, 6.45) is 1.53. The summed E-state index contributed by atoms with van der Waals surface area (Å²) >= 11 is 0. The zero-order valence-electron chi connectivity index (χ0n) is 8.75. The highest BCUT2D eigenvalue weighted by Crippen LogP contribution is 2.24. The molecule has 86 valence electrons. The van der Waals surface area contributed by atoms with E-state index >= 15 is 0 Å². The van der Waals surface area contributed by atoms with Gasteiger partial charge < -0.3 is 17.7 Å². The maximum atomic E-state index is 12.6. The molecule has 0 fully saturated rings. The number of hydrogen-bond donors (Lipinski definition) is 0. The van der Waals surface area contributed by atoms with Gasteiger partial charge in [0.25, 0.3) is 0 Å². The highest BCUT2D eigenvalue weighted by atomic mass is 19.4. The van der Waals surface area contributed by atoms with Crippen molar-refractivity contribution in [1.82, 2.24) is 9.78 Å². The van der Waals surface area contributed by atoms with Crippen LogP contribution in [0.1, 0.15) is 0 Å². The van der Waals surface area contributed by atoms with Gasteiger partial charge in [-0.3, -0.25) is 4.68 Å². The number of methoxy groups -OCH3 is 1. The molecule has 2 rings (SSSR count). The van der Waals surface area contributed by atoms with E-state index in [1.54, 1.807) is 7.05 Å². The highest BCUT2D eigenvalue weighted by Gasteiger charge is 2.27. The lowest BCUT2D eigenvalue weighted by atomic mass is 9.79. The quantitative estimate of drug-likeness (QED) is 0.732. The molecule has 0 atom stereocenters. The van der Waals surface area contributed by atoms with Gasteiger partial charge in [-0.1, -0.05) is 6.07 Å². The minimum Gasteiger partial charge on any atom is -0.495 e. The Morgan fingerprint density at radius 3 is 2.56 bits per heavy atom. The molecule has 2 aromatic rings. The predicted molar refractivity (Wildman–Crippen MR) is 56.0 cm³/mol. The molecule has 0 amide bonds. The fraction of sp³-hybridized carbons (Fsp3) is 0.222. The van der Waals surface area contributed by atoms with Crippen molar-refractivity contribution in [2.45, 2.75) is 0 Å². The van der Waals surface area contributed by atoms with Crippen LogP contribution in [0.5, 0.6) is 5.75 Å². The Balaban J connectivity index is 2.72. The molecular formula is C9H9BF3N2O-. The monoisotopic (exact) mass is 229 g/mol. The molecule has 1 heterocycles. The summed E-state index contributed by atoms with van der Waals surface area (Å²) in [6.45, 7) is -5.02. The molecule has 0 saturated heterocycles. The van der Waals surface area contributed by atoms with Crippen molar-refractivity contribution < 1.29 is 17.7 Å². The zero-order chi connectivity index (χ0) is 11.9. The lowest BCUT2D eigenvalue weighted by molar-refractivity contribution is 0.418. The van der Waals surface area contributed by atoms with Crippen LogP contribution in [0.25, 0.3) is 10.9 Å². The first-order valence-corrected chi connectivity index (χ1v) is 4.63. The topological polar surface area (TPSA) is 27.1 Å². The van der Waals surface area contributed by atoms with Gasteiger partial charge in [0.15, 0.2) is 0 Å². The van der Waals surface area contributed by atoms with E-state index in [1.165, 1.54) is 18.0 Å². The van der Waals surface area contributed by atoms with E-state index in [0.29, 0.717) is 10.9 Å². The second kappa shape index (κ2) is 3.43. The third-order valence-electron chi connectivity index (χ3n) is 2.31. The van der Waals surface area contributed by atoms with E-state index in [-0.39, 0.29) is 5.75 Å². The summed E-state index contributed by atoms with van der Waals surface area (Å²) < 4.78 is 44.2. The van der Waals surface area contributed by atoms with Crippen molar-refractivity contribution in [3.63, 3.8) is 0 Å².